The molecule has 0 saturated carbocycles. The second kappa shape index (κ2) is 4.62. The maximum Gasteiger partial charge on any atom is 0.303 e. The minimum absolute atomic E-state index is 0.0991. The van der Waals surface area contributed by atoms with Crippen molar-refractivity contribution in [3.05, 3.63) is 34.1 Å². The fourth-order valence-electron chi connectivity index (χ4n) is 1.64. The van der Waals surface area contributed by atoms with Gasteiger partial charge in [0.25, 0.3) is 0 Å². The molecule has 2 nitrogen and oxygen atoms in total. The lowest BCUT2D eigenvalue weighted by atomic mass is 9.93. The lowest BCUT2D eigenvalue weighted by Gasteiger charge is -2.14. The summed E-state index contributed by atoms with van der Waals surface area (Å²) in [5.74, 6) is -1.71. The van der Waals surface area contributed by atoms with Crippen molar-refractivity contribution in [2.45, 2.75) is 26.2 Å². The van der Waals surface area contributed by atoms with Crippen LogP contribution in [0, 0.1) is 12.7 Å². The molecule has 1 N–H and O–H groups in total. The fourth-order valence-corrected chi connectivity index (χ4v) is 1.80. The Morgan fingerprint density at radius 2 is 2.20 bits per heavy atom. The van der Waals surface area contributed by atoms with E-state index in [1.54, 1.807) is 13.8 Å². The predicted molar refractivity (Wildman–Crippen MR) is 56.8 cm³/mol. The van der Waals surface area contributed by atoms with Gasteiger partial charge < -0.3 is 5.11 Å². The Hall–Kier alpha value is -1.09. The number of hydrogen-bond acceptors (Lipinski definition) is 1. The zero-order valence-corrected chi connectivity index (χ0v) is 9.31. The van der Waals surface area contributed by atoms with Crippen molar-refractivity contribution < 1.29 is 14.3 Å². The molecule has 0 aromatic heterocycles. The first-order chi connectivity index (χ1) is 6.93. The van der Waals surface area contributed by atoms with Gasteiger partial charge in [-0.25, -0.2) is 4.39 Å². The Kier molecular flexibility index (Phi) is 3.69. The van der Waals surface area contributed by atoms with Gasteiger partial charge in [0, 0.05) is 5.02 Å². The Morgan fingerprint density at radius 1 is 1.60 bits per heavy atom. The fraction of sp³-hybridized carbons (Fsp3) is 0.364. The summed E-state index contributed by atoms with van der Waals surface area (Å²) in [7, 11) is 0. The van der Waals surface area contributed by atoms with E-state index in [1.807, 2.05) is 0 Å². The Bertz CT molecular complexity index is 390. The third-order valence-electron chi connectivity index (χ3n) is 2.37. The van der Waals surface area contributed by atoms with Crippen LogP contribution in [0.2, 0.25) is 5.02 Å². The van der Waals surface area contributed by atoms with E-state index in [-0.39, 0.29) is 12.3 Å². The van der Waals surface area contributed by atoms with Crippen LogP contribution in [0.4, 0.5) is 4.39 Å². The molecular formula is C11H12ClFO2. The molecule has 0 heterocycles. The van der Waals surface area contributed by atoms with E-state index in [0.29, 0.717) is 16.1 Å². The first-order valence-corrected chi connectivity index (χ1v) is 4.97. The van der Waals surface area contributed by atoms with Gasteiger partial charge in [-0.05, 0) is 36.1 Å². The molecule has 15 heavy (non-hydrogen) atoms. The number of hydrogen-bond donors (Lipinski definition) is 1. The number of carboxylic acid groups (broad SMARTS) is 1. The number of aliphatic carboxylic acids is 1. The zero-order chi connectivity index (χ0) is 11.6. The normalized spacial score (nSPS) is 12.5. The average Bonchev–Trinajstić information content (AvgIpc) is 2.11. The molecule has 4 heteroatoms. The topological polar surface area (TPSA) is 37.3 Å². The van der Waals surface area contributed by atoms with Crippen molar-refractivity contribution in [1.82, 2.24) is 0 Å². The van der Waals surface area contributed by atoms with Crippen molar-refractivity contribution in [3.63, 3.8) is 0 Å². The highest BCUT2D eigenvalue weighted by Gasteiger charge is 2.18. The largest absolute Gasteiger partial charge is 0.481 e. The lowest BCUT2D eigenvalue weighted by Crippen LogP contribution is -2.06. The van der Waals surface area contributed by atoms with Crippen LogP contribution in [0.25, 0.3) is 0 Å². The monoisotopic (exact) mass is 230 g/mol. The molecule has 0 aliphatic heterocycles. The van der Waals surface area contributed by atoms with Gasteiger partial charge in [0.05, 0.1) is 6.42 Å². The summed E-state index contributed by atoms with van der Waals surface area (Å²) >= 11 is 5.85. The van der Waals surface area contributed by atoms with Gasteiger partial charge in [-0.15, -0.1) is 0 Å². The Labute approximate surface area is 92.7 Å². The molecule has 0 fully saturated rings. The summed E-state index contributed by atoms with van der Waals surface area (Å²) in [6, 6.07) is 2.74. The maximum absolute atomic E-state index is 13.5. The van der Waals surface area contributed by atoms with Crippen molar-refractivity contribution >= 4 is 17.6 Å². The van der Waals surface area contributed by atoms with Crippen molar-refractivity contribution in [3.8, 4) is 0 Å². The second-order valence-corrected chi connectivity index (χ2v) is 3.97. The molecule has 1 aromatic carbocycles. The minimum Gasteiger partial charge on any atom is -0.481 e. The van der Waals surface area contributed by atoms with Crippen molar-refractivity contribution in [2.24, 2.45) is 0 Å². The molecule has 1 rings (SSSR count). The third-order valence-corrected chi connectivity index (χ3v) is 2.78. The zero-order valence-electron chi connectivity index (χ0n) is 8.55. The minimum atomic E-state index is -0.943. The van der Waals surface area contributed by atoms with Gasteiger partial charge in [0.2, 0.25) is 0 Å². The summed E-state index contributed by atoms with van der Waals surface area (Å²) in [5, 5.41) is 9.10. The molecule has 0 aliphatic rings. The van der Waals surface area contributed by atoms with Crippen LogP contribution in [0.1, 0.15) is 30.4 Å². The molecular weight excluding hydrogens is 219 g/mol. The summed E-state index contributed by atoms with van der Waals surface area (Å²) in [6.07, 6.45) is -0.0991. The van der Waals surface area contributed by atoms with Crippen LogP contribution in [0.15, 0.2) is 12.1 Å². The van der Waals surface area contributed by atoms with Gasteiger partial charge >= 0.3 is 5.97 Å². The van der Waals surface area contributed by atoms with Crippen LogP contribution < -0.4 is 0 Å². The molecule has 0 aliphatic carbocycles. The quantitative estimate of drug-likeness (QED) is 0.865. The highest BCUT2D eigenvalue weighted by Crippen LogP contribution is 2.29. The van der Waals surface area contributed by atoms with E-state index in [0.717, 1.165) is 0 Å². The highest BCUT2D eigenvalue weighted by atomic mass is 35.5. The molecule has 0 spiro atoms. The number of benzene rings is 1. The summed E-state index contributed by atoms with van der Waals surface area (Å²) in [5.41, 5.74) is 1.01. The second-order valence-electron chi connectivity index (χ2n) is 3.57. The van der Waals surface area contributed by atoms with E-state index in [9.17, 15) is 9.18 Å². The number of rotatable bonds is 3. The molecule has 0 amide bonds. The molecule has 1 unspecified atom stereocenters. The summed E-state index contributed by atoms with van der Waals surface area (Å²) in [4.78, 5) is 10.5. The molecule has 1 aromatic rings. The SMILES string of the molecule is Cc1c(Cl)ccc(F)c1C(C)CC(=O)O. The maximum atomic E-state index is 13.5. The van der Waals surface area contributed by atoms with E-state index in [1.165, 1.54) is 12.1 Å². The van der Waals surface area contributed by atoms with Crippen LogP contribution in [0.3, 0.4) is 0 Å². The van der Waals surface area contributed by atoms with E-state index >= 15 is 0 Å². The van der Waals surface area contributed by atoms with Gasteiger partial charge in [0.1, 0.15) is 5.82 Å². The van der Waals surface area contributed by atoms with E-state index < -0.39 is 11.8 Å². The van der Waals surface area contributed by atoms with E-state index in [2.05, 4.69) is 0 Å². The number of halogens is 2. The van der Waals surface area contributed by atoms with Crippen LogP contribution in [-0.4, -0.2) is 11.1 Å². The number of carboxylic acids is 1. The summed E-state index contributed by atoms with van der Waals surface area (Å²) < 4.78 is 13.5. The van der Waals surface area contributed by atoms with Gasteiger partial charge in [-0.3, -0.25) is 4.79 Å². The van der Waals surface area contributed by atoms with E-state index in [4.69, 9.17) is 16.7 Å². The standard InChI is InChI=1S/C11H12ClFO2/c1-6(5-10(14)15)11-7(2)8(12)3-4-9(11)13/h3-4,6H,5H2,1-2H3,(H,14,15). The van der Waals surface area contributed by atoms with Crippen LogP contribution in [0.5, 0.6) is 0 Å². The third kappa shape index (κ3) is 2.69. The van der Waals surface area contributed by atoms with Gasteiger partial charge in [-0.1, -0.05) is 18.5 Å². The molecule has 0 saturated heterocycles. The molecule has 1 atom stereocenters. The first-order valence-electron chi connectivity index (χ1n) is 4.59. The molecule has 0 radical (unpaired) electrons. The average molecular weight is 231 g/mol. The number of carbonyl (C=O) groups is 1. The van der Waals surface area contributed by atoms with Gasteiger partial charge in [-0.2, -0.15) is 0 Å². The van der Waals surface area contributed by atoms with Crippen LogP contribution >= 0.6 is 11.6 Å². The highest BCUT2D eigenvalue weighted by molar-refractivity contribution is 6.31. The van der Waals surface area contributed by atoms with Gasteiger partial charge in [0.15, 0.2) is 0 Å². The molecule has 0 bridgehead atoms. The van der Waals surface area contributed by atoms with Crippen LogP contribution in [-0.2, 0) is 4.79 Å². The predicted octanol–water partition coefficient (Wildman–Crippen LogP) is 3.37. The Morgan fingerprint density at radius 3 is 2.73 bits per heavy atom. The molecule has 82 valence electrons. The summed E-state index contributed by atoms with van der Waals surface area (Å²) in [6.45, 7) is 3.37. The first kappa shape index (κ1) is 12.0. The van der Waals surface area contributed by atoms with Crippen molar-refractivity contribution in [2.75, 3.05) is 0 Å². The lowest BCUT2D eigenvalue weighted by molar-refractivity contribution is -0.137. The van der Waals surface area contributed by atoms with Crippen molar-refractivity contribution in [1.29, 1.82) is 0 Å². The smallest absolute Gasteiger partial charge is 0.303 e. The Balaban J connectivity index is 3.12.